The second kappa shape index (κ2) is 12.7. The molecule has 35 heavy (non-hydrogen) atoms. The lowest BCUT2D eigenvalue weighted by atomic mass is 9.98. The lowest BCUT2D eigenvalue weighted by Crippen LogP contribution is -2.61. The minimum absolute atomic E-state index is 0.00414. The molecule has 0 aliphatic carbocycles. The summed E-state index contributed by atoms with van der Waals surface area (Å²) in [5.41, 5.74) is 0. The largest absolute Gasteiger partial charge is 0.460 e. The van der Waals surface area contributed by atoms with E-state index in [4.69, 9.17) is 42.3 Å². The average Bonchev–Trinajstić information content (AvgIpc) is 2.77. The van der Waals surface area contributed by atoms with Crippen LogP contribution >= 0.6 is 0 Å². The van der Waals surface area contributed by atoms with Crippen molar-refractivity contribution < 1.29 is 47.1 Å². The lowest BCUT2D eigenvalue weighted by Gasteiger charge is -2.47. The van der Waals surface area contributed by atoms with Crippen LogP contribution in [-0.2, 0) is 47.1 Å². The van der Waals surface area contributed by atoms with Crippen molar-refractivity contribution in [1.82, 2.24) is 0 Å². The molecule has 11 heteroatoms. The molecule has 0 aromatic heterocycles. The zero-order chi connectivity index (χ0) is 26.6. The quantitative estimate of drug-likeness (QED) is 0.314. The second-order valence-electron chi connectivity index (χ2n) is 10.7. The molecule has 10 nitrogen and oxygen atoms in total. The molecule has 0 aromatic rings. The van der Waals surface area contributed by atoms with Crippen molar-refractivity contribution in [3.63, 3.8) is 0 Å². The fourth-order valence-electron chi connectivity index (χ4n) is 4.33. The van der Waals surface area contributed by atoms with E-state index in [1.165, 1.54) is 6.92 Å². The Morgan fingerprint density at radius 1 is 0.914 bits per heavy atom. The van der Waals surface area contributed by atoms with Crippen LogP contribution in [0, 0.1) is 0 Å². The maximum atomic E-state index is 11.9. The highest BCUT2D eigenvalue weighted by atomic mass is 28.4. The molecule has 0 radical (unpaired) electrons. The highest BCUT2D eigenvalue weighted by molar-refractivity contribution is 6.74. The first-order valence-corrected chi connectivity index (χ1v) is 15.1. The third kappa shape index (κ3) is 7.45. The Balaban J connectivity index is 2.12. The predicted molar refractivity (Wildman–Crippen MR) is 131 cm³/mol. The zero-order valence-corrected chi connectivity index (χ0v) is 24.2. The summed E-state index contributed by atoms with van der Waals surface area (Å²) in [5, 5.41) is 0.00414. The van der Waals surface area contributed by atoms with E-state index in [1.54, 1.807) is 28.4 Å². The molecule has 0 aromatic carbocycles. The summed E-state index contributed by atoms with van der Waals surface area (Å²) >= 11 is 0. The molecule has 0 unspecified atom stereocenters. The van der Waals surface area contributed by atoms with E-state index in [0.717, 1.165) is 0 Å². The summed E-state index contributed by atoms with van der Waals surface area (Å²) in [6.07, 6.45) is -3.94. The summed E-state index contributed by atoms with van der Waals surface area (Å²) in [4.78, 5) is 11.9. The van der Waals surface area contributed by atoms with Crippen molar-refractivity contribution >= 4 is 14.3 Å². The molecule has 0 saturated carbocycles. The summed E-state index contributed by atoms with van der Waals surface area (Å²) < 4.78 is 53.0. The van der Waals surface area contributed by atoms with Crippen LogP contribution in [0.5, 0.6) is 0 Å². The molecule has 2 saturated heterocycles. The molecule has 0 spiro atoms. The summed E-state index contributed by atoms with van der Waals surface area (Å²) in [5.74, 6) is -0.363. The molecule has 206 valence electrons. The van der Waals surface area contributed by atoms with Gasteiger partial charge in [0, 0.05) is 41.8 Å². The summed E-state index contributed by atoms with van der Waals surface area (Å²) in [7, 11) is 4.17. The molecule has 2 fully saturated rings. The Morgan fingerprint density at radius 2 is 1.51 bits per heavy atom. The van der Waals surface area contributed by atoms with E-state index in [2.05, 4.69) is 33.9 Å². The first kappa shape index (κ1) is 30.6. The van der Waals surface area contributed by atoms with Crippen molar-refractivity contribution in [3.8, 4) is 0 Å². The Kier molecular flexibility index (Phi) is 11.1. The van der Waals surface area contributed by atoms with Gasteiger partial charge in [-0.15, -0.1) is 0 Å². The first-order chi connectivity index (χ1) is 16.3. The van der Waals surface area contributed by atoms with Crippen LogP contribution in [0.1, 0.15) is 41.0 Å². The van der Waals surface area contributed by atoms with Crippen LogP contribution in [0.4, 0.5) is 0 Å². The first-order valence-electron chi connectivity index (χ1n) is 12.2. The van der Waals surface area contributed by atoms with Crippen LogP contribution in [0.25, 0.3) is 0 Å². The molecule has 2 aliphatic heterocycles. The fourth-order valence-corrected chi connectivity index (χ4v) is 5.71. The highest BCUT2D eigenvalue weighted by Crippen LogP contribution is 2.40. The third-order valence-electron chi connectivity index (χ3n) is 7.26. The van der Waals surface area contributed by atoms with Crippen LogP contribution in [0.3, 0.4) is 0 Å². The van der Waals surface area contributed by atoms with E-state index in [1.807, 2.05) is 6.92 Å². The molecular weight excluding hydrogens is 476 g/mol. The van der Waals surface area contributed by atoms with Crippen molar-refractivity contribution in [3.05, 3.63) is 0 Å². The lowest BCUT2D eigenvalue weighted by molar-refractivity contribution is -0.319. The van der Waals surface area contributed by atoms with Gasteiger partial charge in [-0.2, -0.15) is 0 Å². The van der Waals surface area contributed by atoms with Crippen LogP contribution in [0.2, 0.25) is 18.1 Å². The molecule has 0 amide bonds. The van der Waals surface area contributed by atoms with Crippen molar-refractivity contribution in [2.45, 2.75) is 114 Å². The molecule has 0 bridgehead atoms. The molecule has 9 atom stereocenters. The Labute approximate surface area is 211 Å². The van der Waals surface area contributed by atoms with Gasteiger partial charge in [0.2, 0.25) is 0 Å². The van der Waals surface area contributed by atoms with Gasteiger partial charge >= 0.3 is 5.97 Å². The Morgan fingerprint density at radius 3 is 2.00 bits per heavy atom. The van der Waals surface area contributed by atoms with E-state index >= 15 is 0 Å². The van der Waals surface area contributed by atoms with E-state index in [-0.39, 0.29) is 29.8 Å². The number of hydrogen-bond acceptors (Lipinski definition) is 10. The van der Waals surface area contributed by atoms with Gasteiger partial charge in [-0.25, -0.2) is 0 Å². The maximum absolute atomic E-state index is 11.9. The zero-order valence-electron chi connectivity index (χ0n) is 23.2. The molecule has 2 aliphatic rings. The standard InChI is InChI=1S/C24H46O10Si/c1-14-19(34-35(10,11)24(3,4)5)16(32-15(2)25)12-18(31-14)30-13-17-20(26-6)21(27-7)22(28-8)23(29-9)33-17/h14,16-23H,12-13H2,1-11H3/t14-,16-,17-,18+,19-,20-,21+,22-,23+/m1/s1. The summed E-state index contributed by atoms with van der Waals surface area (Å²) in [6.45, 7) is 14.3. The van der Waals surface area contributed by atoms with E-state index in [0.29, 0.717) is 6.42 Å². The van der Waals surface area contributed by atoms with Gasteiger partial charge in [-0.3, -0.25) is 4.79 Å². The number of methoxy groups -OCH3 is 4. The smallest absolute Gasteiger partial charge is 0.302 e. The summed E-state index contributed by atoms with van der Waals surface area (Å²) in [6, 6.07) is 0. The van der Waals surface area contributed by atoms with Gasteiger partial charge in [0.05, 0.1) is 12.7 Å². The van der Waals surface area contributed by atoms with Crippen molar-refractivity contribution in [2.24, 2.45) is 0 Å². The molecule has 0 N–H and O–H groups in total. The maximum Gasteiger partial charge on any atom is 0.302 e. The van der Waals surface area contributed by atoms with Crippen molar-refractivity contribution in [2.75, 3.05) is 35.0 Å². The predicted octanol–water partition coefficient (Wildman–Crippen LogP) is 2.88. The fraction of sp³-hybridized carbons (Fsp3) is 0.958. The van der Waals surface area contributed by atoms with Gasteiger partial charge < -0.3 is 42.3 Å². The Bertz CT molecular complexity index is 669. The second-order valence-corrected chi connectivity index (χ2v) is 15.5. The van der Waals surface area contributed by atoms with Crippen LogP contribution < -0.4 is 0 Å². The van der Waals surface area contributed by atoms with Crippen molar-refractivity contribution in [1.29, 1.82) is 0 Å². The van der Waals surface area contributed by atoms with E-state index in [9.17, 15) is 4.79 Å². The average molecular weight is 523 g/mol. The Hall–Kier alpha value is -0.633. The topological polar surface area (TPSA) is 100 Å². The van der Waals surface area contributed by atoms with Crippen LogP contribution in [-0.4, -0.2) is 105 Å². The highest BCUT2D eigenvalue weighted by Gasteiger charge is 2.49. The number of hydrogen-bond donors (Lipinski definition) is 0. The van der Waals surface area contributed by atoms with Crippen LogP contribution in [0.15, 0.2) is 0 Å². The number of rotatable bonds is 10. The van der Waals surface area contributed by atoms with Gasteiger partial charge in [0.1, 0.15) is 36.6 Å². The minimum atomic E-state index is -2.13. The van der Waals surface area contributed by atoms with Gasteiger partial charge in [0.15, 0.2) is 20.9 Å². The number of carbonyl (C=O) groups excluding carboxylic acids is 1. The monoisotopic (exact) mass is 522 g/mol. The minimum Gasteiger partial charge on any atom is -0.460 e. The van der Waals surface area contributed by atoms with Gasteiger partial charge in [-0.1, -0.05) is 20.8 Å². The third-order valence-corrected chi connectivity index (χ3v) is 11.7. The SMILES string of the molecule is CO[C@H]1O[C@H](CO[C@@H]2C[C@@H](OC(C)=O)[C@H](O[Si](C)(C)C(C)(C)C)[C@@H](C)O2)[C@@H](OC)[C@H](OC)[C@H]1OC. The van der Waals surface area contributed by atoms with Gasteiger partial charge in [0.25, 0.3) is 0 Å². The normalized spacial score (nSPS) is 36.7. The number of carbonyl (C=O) groups is 1. The van der Waals surface area contributed by atoms with Gasteiger partial charge in [-0.05, 0) is 25.1 Å². The molecule has 2 rings (SSSR count). The van der Waals surface area contributed by atoms with E-state index < -0.39 is 51.4 Å². The molecule has 2 heterocycles. The molecular formula is C24H46O10Si. The number of ether oxygens (including phenoxy) is 8. The number of esters is 1.